The zero-order chi connectivity index (χ0) is 31.1. The first-order valence-electron chi connectivity index (χ1n) is 13.8. The second-order valence-electron chi connectivity index (χ2n) is 11.2. The molecule has 4 rings (SSSR count). The van der Waals surface area contributed by atoms with Gasteiger partial charge in [0.1, 0.15) is 35.4 Å². The maximum absolute atomic E-state index is 15.0. The number of aromatic nitrogens is 2. The fourth-order valence-corrected chi connectivity index (χ4v) is 4.84. The molecule has 1 N–H and O–H groups in total. The average molecular weight is 599 g/mol. The van der Waals surface area contributed by atoms with Crippen LogP contribution in [0.2, 0.25) is 0 Å². The lowest BCUT2D eigenvalue weighted by Crippen LogP contribution is -2.54. The number of carbonyl (C=O) groups is 3. The lowest BCUT2D eigenvalue weighted by molar-refractivity contribution is -0.123. The van der Waals surface area contributed by atoms with Crippen molar-refractivity contribution < 1.29 is 37.0 Å². The summed E-state index contributed by atoms with van der Waals surface area (Å²) < 4.78 is 54.4. The van der Waals surface area contributed by atoms with Gasteiger partial charge in [0.05, 0.1) is 43.5 Å². The molecule has 2 amide bonds. The molecule has 228 valence electrons. The molecule has 1 aliphatic heterocycles. The number of amides is 2. The number of benzene rings is 1. The van der Waals surface area contributed by atoms with E-state index in [0.29, 0.717) is 11.8 Å². The molecule has 1 aliphatic rings. The third-order valence-corrected chi connectivity index (χ3v) is 6.92. The highest BCUT2D eigenvalue weighted by molar-refractivity contribution is 5.92. The summed E-state index contributed by atoms with van der Waals surface area (Å²) in [6.07, 6.45) is 4.35. The monoisotopic (exact) mass is 598 g/mol. The van der Waals surface area contributed by atoms with Crippen molar-refractivity contribution in [2.75, 3.05) is 18.5 Å². The summed E-state index contributed by atoms with van der Waals surface area (Å²) in [4.78, 5) is 46.4. The van der Waals surface area contributed by atoms with E-state index in [2.05, 4.69) is 15.3 Å². The standard InChI is InChI=1S/C31H33F3N4O5/c1-31(2,3)43-30(41)38-16-22(42-18-21(38)17-39)8-9-24-27(34)14-36-15-28(24)37-29(40)12-25(19-4-6-20(32)7-5-19)23-10-11-35-13-26(23)33/h4-7,10-11,13-15,17,21-22,25H,8-9,12,16,18H2,1-3H3,(H,37,40)/t21-,22-,25?/m1/s1. The first-order valence-corrected chi connectivity index (χ1v) is 13.8. The number of rotatable bonds is 9. The largest absolute Gasteiger partial charge is 0.444 e. The van der Waals surface area contributed by atoms with Gasteiger partial charge in [-0.1, -0.05) is 12.1 Å². The van der Waals surface area contributed by atoms with Gasteiger partial charge in [0.2, 0.25) is 5.91 Å². The minimum absolute atomic E-state index is 0.0355. The van der Waals surface area contributed by atoms with Crippen LogP contribution in [-0.4, -0.2) is 64.1 Å². The van der Waals surface area contributed by atoms with Gasteiger partial charge >= 0.3 is 6.09 Å². The van der Waals surface area contributed by atoms with E-state index >= 15 is 0 Å². The molecule has 0 bridgehead atoms. The molecule has 3 heterocycles. The summed E-state index contributed by atoms with van der Waals surface area (Å²) in [5, 5.41) is 2.68. The van der Waals surface area contributed by atoms with Crippen LogP contribution in [0.15, 0.2) is 55.1 Å². The van der Waals surface area contributed by atoms with E-state index in [9.17, 15) is 27.6 Å². The molecule has 9 nitrogen and oxygen atoms in total. The smallest absolute Gasteiger partial charge is 0.411 e. The second kappa shape index (κ2) is 13.8. The van der Waals surface area contributed by atoms with Crippen LogP contribution in [-0.2, 0) is 25.5 Å². The molecule has 0 radical (unpaired) electrons. The van der Waals surface area contributed by atoms with Crippen molar-refractivity contribution in [3.63, 3.8) is 0 Å². The molecule has 3 atom stereocenters. The van der Waals surface area contributed by atoms with Gasteiger partial charge in [0, 0.05) is 24.1 Å². The normalized spacial score (nSPS) is 17.7. The molecule has 1 fully saturated rings. The lowest BCUT2D eigenvalue weighted by Gasteiger charge is -2.38. The summed E-state index contributed by atoms with van der Waals surface area (Å²) in [5.74, 6) is -3.07. The Balaban J connectivity index is 1.47. The Hall–Kier alpha value is -4.32. The van der Waals surface area contributed by atoms with Crippen molar-refractivity contribution in [1.29, 1.82) is 0 Å². The van der Waals surface area contributed by atoms with Crippen molar-refractivity contribution in [1.82, 2.24) is 14.9 Å². The topological polar surface area (TPSA) is 111 Å². The predicted molar refractivity (Wildman–Crippen MR) is 151 cm³/mol. The van der Waals surface area contributed by atoms with Gasteiger partial charge in [0.25, 0.3) is 0 Å². The number of halogens is 3. The molecule has 1 saturated heterocycles. The van der Waals surface area contributed by atoms with Crippen molar-refractivity contribution in [3.8, 4) is 0 Å². The number of hydrogen-bond acceptors (Lipinski definition) is 7. The molecule has 2 aromatic heterocycles. The van der Waals surface area contributed by atoms with Crippen molar-refractivity contribution >= 4 is 24.0 Å². The first-order chi connectivity index (χ1) is 20.4. The Labute approximate surface area is 247 Å². The summed E-state index contributed by atoms with van der Waals surface area (Å²) in [7, 11) is 0. The van der Waals surface area contributed by atoms with E-state index in [1.54, 1.807) is 20.8 Å². The van der Waals surface area contributed by atoms with E-state index in [0.717, 1.165) is 12.4 Å². The van der Waals surface area contributed by atoms with E-state index in [1.165, 1.54) is 47.6 Å². The average Bonchev–Trinajstić information content (AvgIpc) is 2.95. The zero-order valence-corrected chi connectivity index (χ0v) is 24.1. The fourth-order valence-electron chi connectivity index (χ4n) is 4.84. The summed E-state index contributed by atoms with van der Waals surface area (Å²) in [5.41, 5.74) is 0.249. The molecule has 12 heteroatoms. The minimum atomic E-state index is -0.808. The van der Waals surface area contributed by atoms with Gasteiger partial charge in [0.15, 0.2) is 0 Å². The number of nitrogens with zero attached hydrogens (tertiary/aromatic N) is 3. The van der Waals surface area contributed by atoms with Crippen LogP contribution in [0.5, 0.6) is 0 Å². The maximum Gasteiger partial charge on any atom is 0.411 e. The molecule has 0 aliphatic carbocycles. The summed E-state index contributed by atoms with van der Waals surface area (Å²) >= 11 is 0. The number of anilines is 1. The third kappa shape index (κ3) is 8.38. The SMILES string of the molecule is CC(C)(C)OC(=O)N1C[C@@H](CCc2c(F)cncc2NC(=O)CC(c2ccc(F)cc2)c2ccncc2F)OC[C@H]1C=O. The van der Waals surface area contributed by atoms with E-state index in [-0.39, 0.29) is 49.2 Å². The lowest BCUT2D eigenvalue weighted by atomic mass is 9.88. The number of ether oxygens (including phenoxy) is 2. The summed E-state index contributed by atoms with van der Waals surface area (Å²) in [6, 6.07) is 6.04. The van der Waals surface area contributed by atoms with Crippen LogP contribution >= 0.6 is 0 Å². The van der Waals surface area contributed by atoms with Crippen LogP contribution in [0.1, 0.15) is 56.2 Å². The third-order valence-electron chi connectivity index (χ3n) is 6.92. The van der Waals surface area contributed by atoms with Crippen molar-refractivity contribution in [2.45, 2.75) is 63.7 Å². The molecule has 1 unspecified atom stereocenters. The van der Waals surface area contributed by atoms with E-state index in [1.807, 2.05) is 0 Å². The maximum atomic E-state index is 15.0. The van der Waals surface area contributed by atoms with Crippen LogP contribution < -0.4 is 5.32 Å². The molecule has 0 saturated carbocycles. The highest BCUT2D eigenvalue weighted by Gasteiger charge is 2.35. The van der Waals surface area contributed by atoms with Gasteiger partial charge in [-0.2, -0.15) is 0 Å². The molecular weight excluding hydrogens is 565 g/mol. The number of hydrogen-bond donors (Lipinski definition) is 1. The van der Waals surface area contributed by atoms with Crippen molar-refractivity contribution in [2.24, 2.45) is 0 Å². The number of morpholine rings is 1. The molecule has 1 aromatic carbocycles. The number of nitrogens with one attached hydrogen (secondary N) is 1. The number of pyridine rings is 2. The minimum Gasteiger partial charge on any atom is -0.444 e. The van der Waals surface area contributed by atoms with Gasteiger partial charge in [-0.15, -0.1) is 0 Å². The van der Waals surface area contributed by atoms with Crippen LogP contribution in [0.25, 0.3) is 0 Å². The first kappa shape index (κ1) is 31.6. The van der Waals surface area contributed by atoms with Crippen LogP contribution in [0, 0.1) is 17.5 Å². The Morgan fingerprint density at radius 1 is 1.09 bits per heavy atom. The quantitative estimate of drug-likeness (QED) is 0.338. The van der Waals surface area contributed by atoms with Gasteiger partial charge in [-0.3, -0.25) is 19.7 Å². The fraction of sp³-hybridized carbons (Fsp3) is 0.387. The Bertz CT molecular complexity index is 1450. The van der Waals surface area contributed by atoms with Gasteiger partial charge < -0.3 is 19.6 Å². The van der Waals surface area contributed by atoms with E-state index in [4.69, 9.17) is 9.47 Å². The highest BCUT2D eigenvalue weighted by atomic mass is 19.1. The Morgan fingerprint density at radius 3 is 2.49 bits per heavy atom. The zero-order valence-electron chi connectivity index (χ0n) is 24.1. The number of aldehydes is 1. The molecule has 3 aromatic rings. The Morgan fingerprint density at radius 2 is 1.81 bits per heavy atom. The van der Waals surface area contributed by atoms with Gasteiger partial charge in [-0.25, -0.2) is 18.0 Å². The Kier molecular flexibility index (Phi) is 10.1. The van der Waals surface area contributed by atoms with Crippen molar-refractivity contribution in [3.05, 3.63) is 89.3 Å². The van der Waals surface area contributed by atoms with Crippen LogP contribution in [0.3, 0.4) is 0 Å². The molecule has 43 heavy (non-hydrogen) atoms. The summed E-state index contributed by atoms with van der Waals surface area (Å²) in [6.45, 7) is 5.18. The highest BCUT2D eigenvalue weighted by Crippen LogP contribution is 2.31. The molecular formula is C31H33F3N4O5. The van der Waals surface area contributed by atoms with E-state index < -0.39 is 53.1 Å². The predicted octanol–water partition coefficient (Wildman–Crippen LogP) is 5.19. The number of carbonyl (C=O) groups excluding carboxylic acids is 3. The molecule has 0 spiro atoms. The second-order valence-corrected chi connectivity index (χ2v) is 11.2. The van der Waals surface area contributed by atoms with Crippen LogP contribution in [0.4, 0.5) is 23.7 Å². The van der Waals surface area contributed by atoms with Gasteiger partial charge in [-0.05, 0) is 62.9 Å².